The number of carbonyl (C=O) groups is 1. The highest BCUT2D eigenvalue weighted by molar-refractivity contribution is 7.17. The lowest BCUT2D eigenvalue weighted by Crippen LogP contribution is -2.07. The van der Waals surface area contributed by atoms with Crippen LogP contribution in [0.15, 0.2) is 29.6 Å². The molecule has 5 heteroatoms. The van der Waals surface area contributed by atoms with Crippen molar-refractivity contribution in [1.82, 2.24) is 4.98 Å². The van der Waals surface area contributed by atoms with Crippen molar-refractivity contribution in [3.63, 3.8) is 0 Å². The second-order valence-electron chi connectivity index (χ2n) is 7.40. The Morgan fingerprint density at radius 3 is 2.78 bits per heavy atom. The lowest BCUT2D eigenvalue weighted by atomic mass is 9.95. The lowest BCUT2D eigenvalue weighted by molar-refractivity contribution is -0.138. The molecule has 1 atom stereocenters. The Labute approximate surface area is 162 Å². The molecule has 4 rings (SSSR count). The summed E-state index contributed by atoms with van der Waals surface area (Å²) in [6.45, 7) is 6.24. The van der Waals surface area contributed by atoms with Crippen LogP contribution in [0.1, 0.15) is 59.7 Å². The maximum absolute atomic E-state index is 11.5. The molecule has 0 saturated heterocycles. The summed E-state index contributed by atoms with van der Waals surface area (Å²) < 4.78 is 7.21. The van der Waals surface area contributed by atoms with Crippen LogP contribution < -0.4 is 4.74 Å². The number of pyridine rings is 1. The van der Waals surface area contributed by atoms with E-state index in [1.165, 1.54) is 5.56 Å². The van der Waals surface area contributed by atoms with Gasteiger partial charge in [0.2, 0.25) is 0 Å². The molecule has 0 radical (unpaired) electrons. The van der Waals surface area contributed by atoms with Crippen LogP contribution in [0, 0.1) is 13.8 Å². The zero-order valence-electron chi connectivity index (χ0n) is 15.8. The van der Waals surface area contributed by atoms with E-state index in [-0.39, 0.29) is 0 Å². The summed E-state index contributed by atoms with van der Waals surface area (Å²) in [7, 11) is 0. The molecule has 3 aromatic rings. The minimum atomic E-state index is -0.779. The minimum absolute atomic E-state index is 0.485. The predicted molar refractivity (Wildman–Crippen MR) is 108 cm³/mol. The van der Waals surface area contributed by atoms with Gasteiger partial charge in [-0.3, -0.25) is 9.78 Å². The van der Waals surface area contributed by atoms with Gasteiger partial charge in [-0.1, -0.05) is 6.07 Å². The van der Waals surface area contributed by atoms with Crippen LogP contribution in [0.5, 0.6) is 5.75 Å². The van der Waals surface area contributed by atoms with E-state index in [4.69, 9.17) is 4.74 Å². The molecule has 1 fully saturated rings. The Morgan fingerprint density at radius 2 is 2.11 bits per heavy atom. The highest BCUT2D eigenvalue weighted by Gasteiger charge is 2.29. The number of aryl methyl sites for hydroxylation is 2. The average Bonchev–Trinajstić information content (AvgIpc) is 3.39. The van der Waals surface area contributed by atoms with Gasteiger partial charge in [0.25, 0.3) is 0 Å². The molecule has 140 valence electrons. The summed E-state index contributed by atoms with van der Waals surface area (Å²) in [5, 5.41) is 12.6. The minimum Gasteiger partial charge on any atom is -0.489 e. The highest BCUT2D eigenvalue weighted by Crippen LogP contribution is 2.48. The Hall–Kier alpha value is -2.40. The number of benzene rings is 1. The van der Waals surface area contributed by atoms with Crippen molar-refractivity contribution in [3.05, 3.63) is 57.7 Å². The standard InChI is InChI=1S/C22H23NO3S/c1-12-4-5-16(14(3)23-12)10-26-17-8-18(15-6-7-15)21-19(13(2)22(24)25)11-27-20(21)9-17/h4-5,8-9,11,13,15H,6-7,10H2,1-3H3,(H,24,25). The van der Waals surface area contributed by atoms with Crippen molar-refractivity contribution < 1.29 is 14.6 Å². The van der Waals surface area contributed by atoms with Gasteiger partial charge in [0.1, 0.15) is 12.4 Å². The molecule has 1 aromatic carbocycles. The van der Waals surface area contributed by atoms with Gasteiger partial charge in [-0.05, 0) is 74.2 Å². The molecule has 1 saturated carbocycles. The second kappa shape index (κ2) is 6.97. The van der Waals surface area contributed by atoms with Crippen molar-refractivity contribution in [2.45, 2.75) is 52.1 Å². The van der Waals surface area contributed by atoms with E-state index in [9.17, 15) is 9.90 Å². The molecule has 0 bridgehead atoms. The number of fused-ring (bicyclic) bond motifs is 1. The van der Waals surface area contributed by atoms with Gasteiger partial charge >= 0.3 is 5.97 Å². The van der Waals surface area contributed by atoms with Gasteiger partial charge < -0.3 is 9.84 Å². The molecular weight excluding hydrogens is 358 g/mol. The number of aliphatic carboxylic acids is 1. The van der Waals surface area contributed by atoms with Crippen LogP contribution in [-0.4, -0.2) is 16.1 Å². The Balaban J connectivity index is 1.67. The fourth-order valence-corrected chi connectivity index (χ4v) is 4.59. The van der Waals surface area contributed by atoms with Gasteiger partial charge in [0.05, 0.1) is 5.92 Å². The number of nitrogens with zero attached hydrogens (tertiary/aromatic N) is 1. The normalized spacial score (nSPS) is 15.1. The van der Waals surface area contributed by atoms with Crippen LogP contribution in [0.2, 0.25) is 0 Å². The molecule has 0 aliphatic heterocycles. The second-order valence-corrected chi connectivity index (χ2v) is 8.31. The zero-order valence-corrected chi connectivity index (χ0v) is 16.6. The third-order valence-corrected chi connectivity index (χ3v) is 6.24. The summed E-state index contributed by atoms with van der Waals surface area (Å²) in [6.07, 6.45) is 2.33. The van der Waals surface area contributed by atoms with Crippen LogP contribution in [0.3, 0.4) is 0 Å². The Morgan fingerprint density at radius 1 is 1.33 bits per heavy atom. The number of hydrogen-bond acceptors (Lipinski definition) is 4. The quantitative estimate of drug-likeness (QED) is 0.607. The van der Waals surface area contributed by atoms with Crippen LogP contribution in [0.25, 0.3) is 10.1 Å². The summed E-state index contributed by atoms with van der Waals surface area (Å²) in [5.74, 6) is 0.0948. The van der Waals surface area contributed by atoms with Crippen molar-refractivity contribution in [3.8, 4) is 5.75 Å². The van der Waals surface area contributed by atoms with Crippen LogP contribution >= 0.6 is 11.3 Å². The van der Waals surface area contributed by atoms with Gasteiger partial charge in [0, 0.05) is 27.0 Å². The Kier molecular flexibility index (Phi) is 4.64. The van der Waals surface area contributed by atoms with E-state index >= 15 is 0 Å². The summed E-state index contributed by atoms with van der Waals surface area (Å²) in [4.78, 5) is 16.0. The predicted octanol–water partition coefficient (Wildman–Crippen LogP) is 5.56. The van der Waals surface area contributed by atoms with E-state index in [1.54, 1.807) is 18.3 Å². The number of ether oxygens (including phenoxy) is 1. The monoisotopic (exact) mass is 381 g/mol. The van der Waals surface area contributed by atoms with Gasteiger partial charge in [-0.25, -0.2) is 0 Å². The van der Waals surface area contributed by atoms with Crippen molar-refractivity contribution >= 4 is 27.4 Å². The molecule has 2 aromatic heterocycles. The number of carboxylic acids is 1. The fraction of sp³-hybridized carbons (Fsp3) is 0.364. The lowest BCUT2D eigenvalue weighted by Gasteiger charge is -2.13. The molecular formula is C22H23NO3S. The molecule has 4 nitrogen and oxygen atoms in total. The van der Waals surface area contributed by atoms with Crippen LogP contribution in [-0.2, 0) is 11.4 Å². The zero-order chi connectivity index (χ0) is 19.1. The van der Waals surface area contributed by atoms with Gasteiger partial charge in [-0.15, -0.1) is 11.3 Å². The fourth-order valence-electron chi connectivity index (χ4n) is 3.48. The first-order valence-corrected chi connectivity index (χ1v) is 10.2. The number of hydrogen-bond donors (Lipinski definition) is 1. The molecule has 2 heterocycles. The number of carboxylic acid groups (broad SMARTS) is 1. The largest absolute Gasteiger partial charge is 0.489 e. The van der Waals surface area contributed by atoms with Gasteiger partial charge in [0.15, 0.2) is 0 Å². The molecule has 1 aliphatic carbocycles. The van der Waals surface area contributed by atoms with Crippen molar-refractivity contribution in [1.29, 1.82) is 0 Å². The SMILES string of the molecule is Cc1ccc(COc2cc(C3CC3)c3c(C(C)C(=O)O)csc3c2)c(C)n1. The Bertz CT molecular complexity index is 1020. The molecule has 1 unspecified atom stereocenters. The van der Waals surface area contributed by atoms with E-state index in [2.05, 4.69) is 17.1 Å². The average molecular weight is 381 g/mol. The molecule has 0 spiro atoms. The number of rotatable bonds is 6. The maximum Gasteiger partial charge on any atom is 0.310 e. The van der Waals surface area contributed by atoms with E-state index in [0.717, 1.165) is 51.2 Å². The smallest absolute Gasteiger partial charge is 0.310 e. The summed E-state index contributed by atoms with van der Waals surface area (Å²) in [6, 6.07) is 8.22. The number of aromatic nitrogens is 1. The summed E-state index contributed by atoms with van der Waals surface area (Å²) in [5.41, 5.74) is 5.25. The number of thiophene rings is 1. The summed E-state index contributed by atoms with van der Waals surface area (Å²) >= 11 is 1.60. The van der Waals surface area contributed by atoms with Crippen molar-refractivity contribution in [2.75, 3.05) is 0 Å². The molecule has 0 amide bonds. The molecule has 1 aliphatic rings. The molecule has 1 N–H and O–H groups in total. The third-order valence-electron chi connectivity index (χ3n) is 5.29. The topological polar surface area (TPSA) is 59.4 Å². The highest BCUT2D eigenvalue weighted by atomic mass is 32.1. The first-order valence-electron chi connectivity index (χ1n) is 9.28. The maximum atomic E-state index is 11.5. The third kappa shape index (κ3) is 3.56. The molecule has 27 heavy (non-hydrogen) atoms. The van der Waals surface area contributed by atoms with Gasteiger partial charge in [-0.2, -0.15) is 0 Å². The first kappa shape index (κ1) is 18.0. The first-order chi connectivity index (χ1) is 12.9. The van der Waals surface area contributed by atoms with E-state index < -0.39 is 11.9 Å². The van der Waals surface area contributed by atoms with Crippen molar-refractivity contribution in [2.24, 2.45) is 0 Å². The van der Waals surface area contributed by atoms with E-state index in [0.29, 0.717) is 12.5 Å². The van der Waals surface area contributed by atoms with E-state index in [1.807, 2.05) is 31.4 Å². The van der Waals surface area contributed by atoms with Crippen LogP contribution in [0.4, 0.5) is 0 Å².